The second-order valence-corrected chi connectivity index (χ2v) is 3.95. The fraction of sp³-hybridized carbons (Fsp3) is 0.778. The van der Waals surface area contributed by atoms with E-state index in [0.29, 0.717) is 11.9 Å². The zero-order valence-electron chi connectivity index (χ0n) is 8.48. The normalized spacial score (nSPS) is 21.2. The molecule has 6 heteroatoms. The van der Waals surface area contributed by atoms with Gasteiger partial charge in [-0.25, -0.2) is 0 Å². The first-order valence-electron chi connectivity index (χ1n) is 5.23. The Kier molecular flexibility index (Phi) is 3.11. The number of nitrogens with one attached hydrogen (secondary N) is 1. The monoisotopic (exact) mass is 230 g/mol. The van der Waals surface area contributed by atoms with E-state index in [1.165, 1.54) is 12.8 Å². The summed E-state index contributed by atoms with van der Waals surface area (Å²) in [5, 5.41) is 7.30. The lowest BCUT2D eigenvalue weighted by atomic mass is 10.4. The van der Waals surface area contributed by atoms with Crippen LogP contribution in [-0.4, -0.2) is 36.3 Å². The quantitative estimate of drug-likeness (QED) is 0.814. The number of hydrogen-bond donors (Lipinski definition) is 1. The van der Waals surface area contributed by atoms with Gasteiger partial charge in [0.15, 0.2) is 5.82 Å². The van der Waals surface area contributed by atoms with Gasteiger partial charge in [0.05, 0.1) is 0 Å². The molecule has 2 fully saturated rings. The molecule has 0 aromatic carbocycles. The Morgan fingerprint density at radius 3 is 2.67 bits per heavy atom. The highest BCUT2D eigenvalue weighted by molar-refractivity contribution is 5.85. The van der Waals surface area contributed by atoms with Crippen molar-refractivity contribution in [3.05, 3.63) is 5.82 Å². The number of anilines is 1. The van der Waals surface area contributed by atoms with Gasteiger partial charge in [0.1, 0.15) is 0 Å². The van der Waals surface area contributed by atoms with E-state index >= 15 is 0 Å². The maximum absolute atomic E-state index is 5.24. The molecule has 1 aliphatic heterocycles. The number of hydrogen-bond acceptors (Lipinski definition) is 5. The van der Waals surface area contributed by atoms with Crippen LogP contribution in [0.25, 0.3) is 0 Å². The molecule has 0 radical (unpaired) electrons. The first-order valence-corrected chi connectivity index (χ1v) is 5.23. The molecule has 0 amide bonds. The molecule has 2 heterocycles. The zero-order valence-corrected chi connectivity index (χ0v) is 9.29. The molecule has 1 saturated carbocycles. The summed E-state index contributed by atoms with van der Waals surface area (Å²) in [5.41, 5.74) is 0. The predicted octanol–water partition coefficient (Wildman–Crippen LogP) is 0.778. The highest BCUT2D eigenvalue weighted by Crippen LogP contribution is 2.38. The van der Waals surface area contributed by atoms with Gasteiger partial charge in [-0.2, -0.15) is 4.98 Å². The Labute approximate surface area is 94.6 Å². The van der Waals surface area contributed by atoms with Crippen LogP contribution in [0.2, 0.25) is 0 Å². The summed E-state index contributed by atoms with van der Waals surface area (Å²) < 4.78 is 5.24. The van der Waals surface area contributed by atoms with Gasteiger partial charge in [-0.05, 0) is 12.8 Å². The van der Waals surface area contributed by atoms with Gasteiger partial charge in [-0.15, -0.1) is 12.4 Å². The molecular weight excluding hydrogens is 216 g/mol. The fourth-order valence-corrected chi connectivity index (χ4v) is 1.72. The number of rotatable bonds is 2. The molecule has 5 nitrogen and oxygen atoms in total. The smallest absolute Gasteiger partial charge is 0.322 e. The minimum Gasteiger partial charge on any atom is -0.322 e. The molecule has 1 aliphatic carbocycles. The van der Waals surface area contributed by atoms with Crippen LogP contribution in [0.4, 0.5) is 6.01 Å². The van der Waals surface area contributed by atoms with Gasteiger partial charge in [0.2, 0.25) is 0 Å². The summed E-state index contributed by atoms with van der Waals surface area (Å²) in [6.07, 6.45) is 2.45. The van der Waals surface area contributed by atoms with Crippen LogP contribution < -0.4 is 10.2 Å². The molecule has 1 aromatic rings. The largest absolute Gasteiger partial charge is 0.324 e. The van der Waals surface area contributed by atoms with Crippen molar-refractivity contribution in [2.45, 2.75) is 18.8 Å². The number of nitrogens with zero attached hydrogens (tertiary/aromatic N) is 3. The molecule has 84 valence electrons. The van der Waals surface area contributed by atoms with Crippen LogP contribution in [0.5, 0.6) is 0 Å². The summed E-state index contributed by atoms with van der Waals surface area (Å²) in [5.74, 6) is 1.48. The van der Waals surface area contributed by atoms with E-state index in [-0.39, 0.29) is 12.4 Å². The Morgan fingerprint density at radius 1 is 1.27 bits per heavy atom. The average Bonchev–Trinajstić information content (AvgIpc) is 2.98. The van der Waals surface area contributed by atoms with Crippen molar-refractivity contribution in [3.8, 4) is 0 Å². The predicted molar refractivity (Wildman–Crippen MR) is 58.6 cm³/mol. The van der Waals surface area contributed by atoms with E-state index in [2.05, 4.69) is 20.4 Å². The highest BCUT2D eigenvalue weighted by atomic mass is 35.5. The van der Waals surface area contributed by atoms with Crippen molar-refractivity contribution in [1.29, 1.82) is 0 Å². The molecular formula is C9H15ClN4O. The van der Waals surface area contributed by atoms with Crippen LogP contribution in [0, 0.1) is 0 Å². The second kappa shape index (κ2) is 4.37. The van der Waals surface area contributed by atoms with Crippen molar-refractivity contribution >= 4 is 18.4 Å². The van der Waals surface area contributed by atoms with Crippen molar-refractivity contribution in [1.82, 2.24) is 15.5 Å². The summed E-state index contributed by atoms with van der Waals surface area (Å²) in [7, 11) is 0. The van der Waals surface area contributed by atoms with E-state index in [1.807, 2.05) is 0 Å². The van der Waals surface area contributed by atoms with Crippen molar-refractivity contribution < 1.29 is 4.52 Å². The molecule has 3 rings (SSSR count). The molecule has 1 N–H and O–H groups in total. The van der Waals surface area contributed by atoms with Crippen LogP contribution in [0.1, 0.15) is 24.6 Å². The summed E-state index contributed by atoms with van der Waals surface area (Å²) >= 11 is 0. The molecule has 1 aromatic heterocycles. The Bertz CT molecular complexity index is 320. The molecule has 15 heavy (non-hydrogen) atoms. The highest BCUT2D eigenvalue weighted by Gasteiger charge is 2.29. The number of halogens is 1. The zero-order chi connectivity index (χ0) is 9.38. The lowest BCUT2D eigenvalue weighted by Crippen LogP contribution is -2.43. The maximum atomic E-state index is 5.24. The summed E-state index contributed by atoms with van der Waals surface area (Å²) in [6.45, 7) is 3.93. The fourth-order valence-electron chi connectivity index (χ4n) is 1.72. The average molecular weight is 231 g/mol. The SMILES string of the molecule is C1CN(c2nc(C3CC3)no2)CCN1.Cl. The van der Waals surface area contributed by atoms with Crippen molar-refractivity contribution in [2.75, 3.05) is 31.1 Å². The summed E-state index contributed by atoms with van der Waals surface area (Å²) in [4.78, 5) is 6.56. The van der Waals surface area contributed by atoms with Crippen molar-refractivity contribution in [2.24, 2.45) is 0 Å². The standard InChI is InChI=1S/C9H14N4O.ClH/c1-2-7(1)8-11-9(14-12-8)13-5-3-10-4-6-13;/h7,10H,1-6H2;1H. The second-order valence-electron chi connectivity index (χ2n) is 3.95. The molecule has 0 bridgehead atoms. The topological polar surface area (TPSA) is 54.2 Å². The molecule has 0 atom stereocenters. The first-order chi connectivity index (χ1) is 6.93. The van der Waals surface area contributed by atoms with Crippen LogP contribution in [0.15, 0.2) is 4.52 Å². The van der Waals surface area contributed by atoms with Gasteiger partial charge >= 0.3 is 6.01 Å². The molecule has 2 aliphatic rings. The van der Waals surface area contributed by atoms with Gasteiger partial charge in [-0.1, -0.05) is 5.16 Å². The van der Waals surface area contributed by atoms with E-state index < -0.39 is 0 Å². The minimum absolute atomic E-state index is 0. The van der Waals surface area contributed by atoms with Crippen LogP contribution in [-0.2, 0) is 0 Å². The third-order valence-corrected chi connectivity index (χ3v) is 2.76. The van der Waals surface area contributed by atoms with Crippen LogP contribution >= 0.6 is 12.4 Å². The molecule has 1 saturated heterocycles. The van der Waals surface area contributed by atoms with Crippen LogP contribution in [0.3, 0.4) is 0 Å². The minimum atomic E-state index is 0. The van der Waals surface area contributed by atoms with Gasteiger partial charge < -0.3 is 14.7 Å². The molecule has 0 unspecified atom stereocenters. The first kappa shape index (κ1) is 10.7. The van der Waals surface area contributed by atoms with E-state index in [1.54, 1.807) is 0 Å². The van der Waals surface area contributed by atoms with E-state index in [0.717, 1.165) is 32.0 Å². The Balaban J connectivity index is 0.000000853. The number of aromatic nitrogens is 2. The van der Waals surface area contributed by atoms with E-state index in [9.17, 15) is 0 Å². The van der Waals surface area contributed by atoms with Gasteiger partial charge in [0, 0.05) is 32.1 Å². The Morgan fingerprint density at radius 2 is 2.00 bits per heavy atom. The van der Waals surface area contributed by atoms with Gasteiger partial charge in [0.25, 0.3) is 0 Å². The van der Waals surface area contributed by atoms with Gasteiger partial charge in [-0.3, -0.25) is 0 Å². The third-order valence-electron chi connectivity index (χ3n) is 2.76. The third kappa shape index (κ3) is 2.23. The Hall–Kier alpha value is -0.810. The lowest BCUT2D eigenvalue weighted by molar-refractivity contribution is 0.399. The maximum Gasteiger partial charge on any atom is 0.324 e. The molecule has 0 spiro atoms. The lowest BCUT2D eigenvalue weighted by Gasteiger charge is -2.24. The van der Waals surface area contributed by atoms with E-state index in [4.69, 9.17) is 4.52 Å². The summed E-state index contributed by atoms with van der Waals surface area (Å²) in [6, 6.07) is 0.702. The number of piperazine rings is 1. The van der Waals surface area contributed by atoms with Crippen molar-refractivity contribution in [3.63, 3.8) is 0 Å².